The van der Waals surface area contributed by atoms with Gasteiger partial charge in [0.1, 0.15) is 0 Å². The number of nitrogens with zero attached hydrogens (tertiary/aromatic N) is 2. The third-order valence-electron chi connectivity index (χ3n) is 6.61. The Morgan fingerprint density at radius 3 is 2.39 bits per heavy atom. The third kappa shape index (κ3) is 5.35. The van der Waals surface area contributed by atoms with Gasteiger partial charge in [0.25, 0.3) is 0 Å². The summed E-state index contributed by atoms with van der Waals surface area (Å²) in [5, 5.41) is 9.56. The van der Waals surface area contributed by atoms with E-state index < -0.39 is 21.2 Å². The first-order valence-electron chi connectivity index (χ1n) is 11.1. The van der Waals surface area contributed by atoms with Gasteiger partial charge in [-0.05, 0) is 74.7 Å². The normalized spacial score (nSPS) is 21.9. The molecule has 1 aliphatic carbocycles. The van der Waals surface area contributed by atoms with Crippen molar-refractivity contribution in [2.75, 3.05) is 24.5 Å². The maximum absolute atomic E-state index is 13.8. The Morgan fingerprint density at radius 1 is 1.15 bits per heavy atom. The van der Waals surface area contributed by atoms with Crippen LogP contribution in [0.3, 0.4) is 0 Å². The number of rotatable bonds is 7. The molecule has 33 heavy (non-hydrogen) atoms. The van der Waals surface area contributed by atoms with Crippen molar-refractivity contribution in [1.29, 1.82) is 0 Å². The van der Waals surface area contributed by atoms with E-state index in [2.05, 4.69) is 4.90 Å². The number of piperidine rings is 1. The maximum atomic E-state index is 13.8. The molecule has 1 N–H and O–H groups in total. The zero-order valence-corrected chi connectivity index (χ0v) is 20.1. The van der Waals surface area contributed by atoms with Crippen molar-refractivity contribution in [2.45, 2.75) is 49.6 Å². The number of ether oxygens (including phenoxy) is 1. The van der Waals surface area contributed by atoms with Gasteiger partial charge in [0.15, 0.2) is 0 Å². The highest BCUT2D eigenvalue weighted by Crippen LogP contribution is 2.33. The summed E-state index contributed by atoms with van der Waals surface area (Å²) in [7, 11) is -2.34. The summed E-state index contributed by atoms with van der Waals surface area (Å²) in [6.45, 7) is 1.55. The first-order chi connectivity index (χ1) is 15.8. The Hall–Kier alpha value is -2.13. The number of benzene rings is 2. The molecule has 0 unspecified atom stereocenters. The fourth-order valence-electron chi connectivity index (χ4n) is 4.57. The number of carbonyl (C=O) groups is 1. The van der Waals surface area contributed by atoms with Crippen LogP contribution in [-0.2, 0) is 21.3 Å². The molecule has 0 spiro atoms. The lowest BCUT2D eigenvalue weighted by atomic mass is 9.87. The van der Waals surface area contributed by atoms with Gasteiger partial charge in [0.05, 0.1) is 36.3 Å². The molecule has 1 saturated heterocycles. The molecule has 178 valence electrons. The molecule has 0 aromatic heterocycles. The van der Waals surface area contributed by atoms with Crippen molar-refractivity contribution in [3.63, 3.8) is 0 Å². The Kier molecular flexibility index (Phi) is 7.28. The van der Waals surface area contributed by atoms with Gasteiger partial charge in [-0.3, -0.25) is 4.31 Å². The number of hydrogen-bond acceptors (Lipinski definition) is 6. The lowest BCUT2D eigenvalue weighted by molar-refractivity contribution is -0.00510. The van der Waals surface area contributed by atoms with Crippen LogP contribution in [0.1, 0.15) is 41.6 Å². The summed E-state index contributed by atoms with van der Waals surface area (Å²) >= 11 is 6.19. The molecule has 2 fully saturated rings. The summed E-state index contributed by atoms with van der Waals surface area (Å²) in [6.07, 6.45) is 2.42. The average Bonchev–Trinajstić information content (AvgIpc) is 2.80. The van der Waals surface area contributed by atoms with E-state index in [4.69, 9.17) is 16.3 Å². The number of aliphatic hydroxyl groups is 1. The number of likely N-dealkylation sites (tertiary alicyclic amines) is 1. The smallest absolute Gasteiger partial charge is 0.337 e. The van der Waals surface area contributed by atoms with Crippen LogP contribution in [-0.4, -0.2) is 62.0 Å². The van der Waals surface area contributed by atoms with Crippen LogP contribution < -0.4 is 4.31 Å². The molecule has 0 atom stereocenters. The number of aliphatic hydroxyl groups excluding tert-OH is 1. The van der Waals surface area contributed by atoms with Crippen LogP contribution in [0.2, 0.25) is 5.02 Å². The predicted molar refractivity (Wildman–Crippen MR) is 128 cm³/mol. The van der Waals surface area contributed by atoms with Crippen LogP contribution >= 0.6 is 11.6 Å². The van der Waals surface area contributed by atoms with E-state index in [0.29, 0.717) is 48.2 Å². The van der Waals surface area contributed by atoms with Gasteiger partial charge in [-0.2, -0.15) is 0 Å². The summed E-state index contributed by atoms with van der Waals surface area (Å²) in [5.41, 5.74) is 1.68. The molecular weight excluding hydrogens is 464 g/mol. The van der Waals surface area contributed by atoms with Gasteiger partial charge in [-0.25, -0.2) is 13.2 Å². The highest BCUT2D eigenvalue weighted by atomic mass is 35.5. The molecule has 2 aliphatic rings. The topological polar surface area (TPSA) is 87.2 Å². The summed E-state index contributed by atoms with van der Waals surface area (Å²) in [6, 6.07) is 14.0. The molecule has 0 bridgehead atoms. The van der Waals surface area contributed by atoms with Crippen molar-refractivity contribution < 1.29 is 23.1 Å². The minimum atomic E-state index is -3.66. The molecule has 2 aromatic carbocycles. The number of hydrogen-bond donors (Lipinski definition) is 1. The van der Waals surface area contributed by atoms with Crippen LogP contribution in [0.4, 0.5) is 5.69 Å². The quantitative estimate of drug-likeness (QED) is 0.596. The number of methoxy groups -OCH3 is 1. The fourth-order valence-corrected chi connectivity index (χ4v) is 6.65. The van der Waals surface area contributed by atoms with Crippen molar-refractivity contribution in [1.82, 2.24) is 4.90 Å². The zero-order valence-electron chi connectivity index (χ0n) is 18.6. The summed E-state index contributed by atoms with van der Waals surface area (Å²) in [4.78, 5) is 14.0. The SMILES string of the molecule is COC(=O)c1ccc(CN(c2cccc(Cl)c2)S(=O)(=O)C2CCN(C3CC(O)C3)CC2)cc1. The van der Waals surface area contributed by atoms with Gasteiger partial charge in [0, 0.05) is 11.1 Å². The van der Waals surface area contributed by atoms with Crippen molar-refractivity contribution in [3.8, 4) is 0 Å². The minimum absolute atomic E-state index is 0.138. The Labute approximate surface area is 200 Å². The zero-order chi connectivity index (χ0) is 23.6. The molecule has 9 heteroatoms. The molecule has 1 aliphatic heterocycles. The molecule has 4 rings (SSSR count). The first kappa shape index (κ1) is 24.0. The number of anilines is 1. The van der Waals surface area contributed by atoms with E-state index >= 15 is 0 Å². The second kappa shape index (κ2) is 10.0. The number of sulfonamides is 1. The molecule has 1 saturated carbocycles. The van der Waals surface area contributed by atoms with Gasteiger partial charge >= 0.3 is 5.97 Å². The van der Waals surface area contributed by atoms with Gasteiger partial charge in [-0.1, -0.05) is 29.8 Å². The monoisotopic (exact) mass is 492 g/mol. The Morgan fingerprint density at radius 2 is 1.82 bits per heavy atom. The second-order valence-corrected chi connectivity index (χ2v) is 11.3. The molecule has 0 amide bonds. The van der Waals surface area contributed by atoms with Crippen molar-refractivity contribution in [3.05, 3.63) is 64.7 Å². The standard InChI is InChI=1S/C24H29ClN2O5S/c1-32-24(29)18-7-5-17(6-8-18)16-27(20-4-2-3-19(25)13-20)33(30,31)23-9-11-26(12-10-23)21-14-22(28)15-21/h2-8,13,21-23,28H,9-12,14-16H2,1H3. The Balaban J connectivity index is 1.55. The van der Waals surface area contributed by atoms with Crippen LogP contribution in [0.25, 0.3) is 0 Å². The highest BCUT2D eigenvalue weighted by Gasteiger charge is 2.39. The fraction of sp³-hybridized carbons (Fsp3) is 0.458. The molecule has 1 heterocycles. The van der Waals surface area contributed by atoms with Crippen LogP contribution in [0.5, 0.6) is 0 Å². The third-order valence-corrected chi connectivity index (χ3v) is 9.11. The minimum Gasteiger partial charge on any atom is -0.465 e. The van der Waals surface area contributed by atoms with E-state index in [-0.39, 0.29) is 12.6 Å². The number of esters is 1. The molecule has 0 radical (unpaired) electrons. The van der Waals surface area contributed by atoms with Crippen LogP contribution in [0.15, 0.2) is 48.5 Å². The number of carbonyl (C=O) groups excluding carboxylic acids is 1. The Bertz CT molecular complexity index is 1080. The average molecular weight is 493 g/mol. The van der Waals surface area contributed by atoms with Gasteiger partial charge in [-0.15, -0.1) is 0 Å². The summed E-state index contributed by atoms with van der Waals surface area (Å²) in [5.74, 6) is -0.438. The van der Waals surface area contributed by atoms with E-state index in [1.807, 2.05) is 0 Å². The van der Waals surface area contributed by atoms with E-state index in [0.717, 1.165) is 18.4 Å². The number of halogens is 1. The van der Waals surface area contributed by atoms with Crippen molar-refractivity contribution >= 4 is 33.3 Å². The van der Waals surface area contributed by atoms with E-state index in [1.54, 1.807) is 48.5 Å². The lowest BCUT2D eigenvalue weighted by Crippen LogP contribution is -2.52. The molecule has 7 nitrogen and oxygen atoms in total. The van der Waals surface area contributed by atoms with Gasteiger partial charge in [0.2, 0.25) is 10.0 Å². The van der Waals surface area contributed by atoms with Gasteiger partial charge < -0.3 is 14.7 Å². The highest BCUT2D eigenvalue weighted by molar-refractivity contribution is 7.93. The van der Waals surface area contributed by atoms with Crippen molar-refractivity contribution in [2.24, 2.45) is 0 Å². The largest absolute Gasteiger partial charge is 0.465 e. The predicted octanol–water partition coefficient (Wildman–Crippen LogP) is 3.45. The van der Waals surface area contributed by atoms with E-state index in [9.17, 15) is 18.3 Å². The first-order valence-corrected chi connectivity index (χ1v) is 13.0. The molecular formula is C24H29ClN2O5S. The summed E-state index contributed by atoms with van der Waals surface area (Å²) < 4.78 is 33.7. The van der Waals surface area contributed by atoms with E-state index in [1.165, 1.54) is 11.4 Å². The second-order valence-electron chi connectivity index (χ2n) is 8.73. The van der Waals surface area contributed by atoms with Crippen LogP contribution in [0, 0.1) is 0 Å². The lowest BCUT2D eigenvalue weighted by Gasteiger charge is -2.44. The molecule has 2 aromatic rings. The maximum Gasteiger partial charge on any atom is 0.337 e.